The predicted octanol–water partition coefficient (Wildman–Crippen LogP) is 2.86. The third kappa shape index (κ3) is 5.24. The number of aromatic nitrogens is 3. The summed E-state index contributed by atoms with van der Waals surface area (Å²) in [5, 5.41) is 2.97. The van der Waals surface area contributed by atoms with E-state index in [1.54, 1.807) is 33.0 Å². The van der Waals surface area contributed by atoms with Crippen LogP contribution in [0.5, 0.6) is 0 Å². The van der Waals surface area contributed by atoms with E-state index >= 15 is 0 Å². The van der Waals surface area contributed by atoms with Crippen molar-refractivity contribution in [3.63, 3.8) is 0 Å². The normalized spacial score (nSPS) is 17.9. The monoisotopic (exact) mass is 386 g/mol. The van der Waals surface area contributed by atoms with Gasteiger partial charge >= 0.3 is 0 Å². The van der Waals surface area contributed by atoms with Gasteiger partial charge in [-0.25, -0.2) is 4.98 Å². The maximum atomic E-state index is 12.4. The van der Waals surface area contributed by atoms with E-state index in [0.717, 1.165) is 31.4 Å². The molecular formula is C20H26N4O4. The highest BCUT2D eigenvalue weighted by molar-refractivity contribution is 5.93. The molecule has 8 heteroatoms. The highest BCUT2D eigenvalue weighted by Crippen LogP contribution is 2.16. The fraction of sp³-hybridized carbons (Fsp3) is 0.500. The summed E-state index contributed by atoms with van der Waals surface area (Å²) < 4.78 is 11.2. The molecule has 0 spiro atoms. The van der Waals surface area contributed by atoms with Gasteiger partial charge in [0.15, 0.2) is 11.9 Å². The lowest BCUT2D eigenvalue weighted by molar-refractivity contribution is -0.155. The molecule has 2 aromatic heterocycles. The van der Waals surface area contributed by atoms with E-state index in [9.17, 15) is 9.59 Å². The van der Waals surface area contributed by atoms with Crippen LogP contribution in [0.3, 0.4) is 0 Å². The van der Waals surface area contributed by atoms with Crippen LogP contribution in [0.15, 0.2) is 23.1 Å². The predicted molar refractivity (Wildman–Crippen MR) is 107 cm³/mol. The lowest BCUT2D eigenvalue weighted by Gasteiger charge is -2.21. The maximum absolute atomic E-state index is 12.4. The Morgan fingerprint density at radius 2 is 2.25 bits per heavy atom. The summed E-state index contributed by atoms with van der Waals surface area (Å²) in [6.45, 7) is 6.51. The second kappa shape index (κ2) is 8.62. The van der Waals surface area contributed by atoms with Crippen molar-refractivity contribution in [2.45, 2.75) is 46.3 Å². The van der Waals surface area contributed by atoms with E-state index in [-0.39, 0.29) is 29.4 Å². The summed E-state index contributed by atoms with van der Waals surface area (Å²) in [6.07, 6.45) is 8.31. The fourth-order valence-corrected chi connectivity index (χ4v) is 2.67. The van der Waals surface area contributed by atoms with Crippen LogP contribution in [0.4, 0.5) is 5.95 Å². The first-order chi connectivity index (χ1) is 13.3. The number of anilines is 1. The van der Waals surface area contributed by atoms with Gasteiger partial charge in [0.05, 0.1) is 12.0 Å². The number of carbonyl (C=O) groups excluding carboxylic acids is 1. The van der Waals surface area contributed by atoms with Gasteiger partial charge in [-0.15, -0.1) is 0 Å². The Balaban J connectivity index is 1.68. The molecule has 8 nitrogen and oxygen atoms in total. The molecule has 1 amide bonds. The molecule has 28 heavy (non-hydrogen) atoms. The van der Waals surface area contributed by atoms with Crippen LogP contribution in [0.1, 0.15) is 45.6 Å². The average molecular weight is 386 g/mol. The van der Waals surface area contributed by atoms with E-state index in [2.05, 4.69) is 20.3 Å². The van der Waals surface area contributed by atoms with Crippen molar-refractivity contribution in [1.29, 1.82) is 0 Å². The number of carbonyl (C=O) groups is 1. The van der Waals surface area contributed by atoms with Gasteiger partial charge in [-0.1, -0.05) is 32.9 Å². The molecule has 3 rings (SSSR count). The molecule has 2 aromatic rings. The lowest BCUT2D eigenvalue weighted by Crippen LogP contribution is -2.29. The van der Waals surface area contributed by atoms with Crippen LogP contribution in [0, 0.1) is 5.41 Å². The van der Waals surface area contributed by atoms with Crippen LogP contribution in [-0.4, -0.2) is 40.4 Å². The van der Waals surface area contributed by atoms with Crippen molar-refractivity contribution < 1.29 is 14.3 Å². The number of rotatable bonds is 5. The van der Waals surface area contributed by atoms with Crippen molar-refractivity contribution in [3.8, 4) is 0 Å². The van der Waals surface area contributed by atoms with Crippen LogP contribution in [0.2, 0.25) is 0 Å². The fourth-order valence-electron chi connectivity index (χ4n) is 2.67. The molecule has 1 aliphatic heterocycles. The Morgan fingerprint density at radius 3 is 2.96 bits per heavy atom. The summed E-state index contributed by atoms with van der Waals surface area (Å²) in [5.74, 6) is -0.148. The largest absolute Gasteiger partial charge is 0.353 e. The Kier molecular flexibility index (Phi) is 6.21. The zero-order valence-electron chi connectivity index (χ0n) is 16.4. The number of H-pyrrole nitrogens is 1. The Labute approximate surface area is 163 Å². The van der Waals surface area contributed by atoms with E-state index in [1.165, 1.54) is 0 Å². The summed E-state index contributed by atoms with van der Waals surface area (Å²) in [6, 6.07) is 1.71. The van der Waals surface area contributed by atoms with Gasteiger partial charge < -0.3 is 9.47 Å². The molecule has 1 fully saturated rings. The number of fused-ring (bicyclic) bond motifs is 1. The van der Waals surface area contributed by atoms with Gasteiger partial charge in [-0.2, -0.15) is 4.98 Å². The van der Waals surface area contributed by atoms with Gasteiger partial charge in [0.2, 0.25) is 11.9 Å². The van der Waals surface area contributed by atoms with Gasteiger partial charge in [0.25, 0.3) is 5.56 Å². The van der Waals surface area contributed by atoms with Crippen molar-refractivity contribution in [3.05, 3.63) is 34.3 Å². The summed E-state index contributed by atoms with van der Waals surface area (Å²) in [7, 11) is 0. The van der Waals surface area contributed by atoms with E-state index in [1.807, 2.05) is 12.2 Å². The zero-order chi connectivity index (χ0) is 20.1. The average Bonchev–Trinajstić information content (AvgIpc) is 2.65. The van der Waals surface area contributed by atoms with Gasteiger partial charge in [0.1, 0.15) is 0 Å². The third-order valence-corrected chi connectivity index (χ3v) is 4.32. The smallest absolute Gasteiger partial charge is 0.261 e. The van der Waals surface area contributed by atoms with Gasteiger partial charge in [-0.3, -0.25) is 19.9 Å². The van der Waals surface area contributed by atoms with E-state index in [0.29, 0.717) is 12.0 Å². The molecule has 0 saturated carbocycles. The third-order valence-electron chi connectivity index (χ3n) is 4.32. The van der Waals surface area contributed by atoms with E-state index in [4.69, 9.17) is 9.47 Å². The molecule has 0 aromatic carbocycles. The van der Waals surface area contributed by atoms with Crippen molar-refractivity contribution in [2.24, 2.45) is 5.41 Å². The number of ether oxygens (including phenoxy) is 2. The van der Waals surface area contributed by atoms with Crippen LogP contribution < -0.4 is 10.9 Å². The number of pyridine rings is 1. The molecule has 3 heterocycles. The number of nitrogens with zero attached hydrogens (tertiary/aromatic N) is 2. The molecule has 2 N–H and O–H groups in total. The van der Waals surface area contributed by atoms with Crippen molar-refractivity contribution in [2.75, 3.05) is 18.5 Å². The van der Waals surface area contributed by atoms with Gasteiger partial charge in [0, 0.05) is 18.2 Å². The number of nitrogens with one attached hydrogen (secondary N) is 2. The minimum absolute atomic E-state index is 0.0918. The molecule has 0 radical (unpaired) electrons. The second-order valence-corrected chi connectivity index (χ2v) is 7.79. The van der Waals surface area contributed by atoms with Crippen molar-refractivity contribution >= 4 is 29.0 Å². The first-order valence-electron chi connectivity index (χ1n) is 9.44. The first kappa shape index (κ1) is 20.2. The Morgan fingerprint density at radius 1 is 1.43 bits per heavy atom. The maximum Gasteiger partial charge on any atom is 0.261 e. The standard InChI is InChI=1S/C20H26N4O4/c1-20(2,3)18(26)24-19-22-16-14(17(25)23-19)11-13(12-21-16)7-6-10-28-15-8-4-5-9-27-15/h6-7,11-12,15H,4-5,8-10H2,1-3H3,(H2,21,22,23,24,25,26)/b7-6-. The molecule has 0 bridgehead atoms. The summed E-state index contributed by atoms with van der Waals surface area (Å²) in [5.41, 5.74) is 0.0839. The molecular weight excluding hydrogens is 360 g/mol. The van der Waals surface area contributed by atoms with Crippen molar-refractivity contribution in [1.82, 2.24) is 15.0 Å². The second-order valence-electron chi connectivity index (χ2n) is 7.79. The quantitative estimate of drug-likeness (QED) is 0.818. The molecule has 1 unspecified atom stereocenters. The van der Waals surface area contributed by atoms with Crippen LogP contribution in [-0.2, 0) is 14.3 Å². The number of hydrogen-bond acceptors (Lipinski definition) is 6. The highest BCUT2D eigenvalue weighted by Gasteiger charge is 2.22. The number of amides is 1. The SMILES string of the molecule is CC(C)(C)C(=O)Nc1nc2ncc(/C=C\COC3CCCCO3)cc2c(=O)[nH]1. The van der Waals surface area contributed by atoms with E-state index < -0.39 is 5.41 Å². The molecule has 1 saturated heterocycles. The molecule has 0 aliphatic carbocycles. The minimum atomic E-state index is -0.597. The summed E-state index contributed by atoms with van der Waals surface area (Å²) >= 11 is 0. The first-order valence-corrected chi connectivity index (χ1v) is 9.44. The topological polar surface area (TPSA) is 106 Å². The lowest BCUT2D eigenvalue weighted by atomic mass is 9.96. The number of hydrogen-bond donors (Lipinski definition) is 2. The Bertz CT molecular complexity index is 924. The van der Waals surface area contributed by atoms with Gasteiger partial charge in [-0.05, 0) is 30.9 Å². The number of aromatic amines is 1. The molecule has 1 aliphatic rings. The Hall–Kier alpha value is -2.58. The highest BCUT2D eigenvalue weighted by atomic mass is 16.7. The minimum Gasteiger partial charge on any atom is -0.353 e. The van der Waals surface area contributed by atoms with Crippen LogP contribution >= 0.6 is 0 Å². The molecule has 150 valence electrons. The zero-order valence-corrected chi connectivity index (χ0v) is 16.4. The molecule has 1 atom stereocenters. The van der Waals surface area contributed by atoms with Crippen LogP contribution in [0.25, 0.3) is 17.1 Å². The summed E-state index contributed by atoms with van der Waals surface area (Å²) in [4.78, 5) is 35.5.